The molecule has 4 rings (SSSR count). The van der Waals surface area contributed by atoms with E-state index < -0.39 is 5.92 Å². The van der Waals surface area contributed by atoms with Gasteiger partial charge >= 0.3 is 0 Å². The molecule has 29 heavy (non-hydrogen) atoms. The Balaban J connectivity index is 1.34. The number of rotatable bonds is 7. The van der Waals surface area contributed by atoms with Crippen LogP contribution < -0.4 is 10.1 Å². The molecule has 1 aromatic carbocycles. The van der Waals surface area contributed by atoms with Gasteiger partial charge in [0.05, 0.1) is 30.5 Å². The van der Waals surface area contributed by atoms with Crippen molar-refractivity contribution < 1.29 is 23.5 Å². The Kier molecular flexibility index (Phi) is 6.14. The van der Waals surface area contributed by atoms with E-state index in [9.17, 15) is 9.59 Å². The third-order valence-corrected chi connectivity index (χ3v) is 5.36. The van der Waals surface area contributed by atoms with Crippen molar-refractivity contribution in [1.29, 1.82) is 0 Å². The lowest BCUT2D eigenvalue weighted by Gasteiger charge is -2.23. The summed E-state index contributed by atoms with van der Waals surface area (Å²) >= 11 is 0. The zero-order valence-electron chi connectivity index (χ0n) is 16.3. The van der Waals surface area contributed by atoms with Crippen LogP contribution >= 0.6 is 0 Å². The van der Waals surface area contributed by atoms with Crippen LogP contribution in [-0.2, 0) is 20.9 Å². The summed E-state index contributed by atoms with van der Waals surface area (Å²) in [5.74, 6) is 0.716. The molecule has 0 radical (unpaired) electrons. The van der Waals surface area contributed by atoms with Crippen LogP contribution in [0.4, 0.5) is 5.69 Å². The molecule has 154 valence electrons. The maximum Gasteiger partial charge on any atom is 0.229 e. The number of hydrogen-bond acceptors (Lipinski definition) is 5. The number of likely N-dealkylation sites (tertiary alicyclic amines) is 1. The van der Waals surface area contributed by atoms with Crippen LogP contribution in [0.25, 0.3) is 0 Å². The minimum Gasteiger partial charge on any atom is -0.489 e. The van der Waals surface area contributed by atoms with Crippen molar-refractivity contribution >= 4 is 17.5 Å². The van der Waals surface area contributed by atoms with Crippen LogP contribution in [0.2, 0.25) is 0 Å². The number of anilines is 1. The average Bonchev–Trinajstić information content (AvgIpc) is 3.38. The Hall–Kier alpha value is -2.80. The van der Waals surface area contributed by atoms with Gasteiger partial charge in [0, 0.05) is 19.6 Å². The van der Waals surface area contributed by atoms with Gasteiger partial charge in [-0.2, -0.15) is 0 Å². The second-order valence-corrected chi connectivity index (χ2v) is 7.54. The molecule has 2 saturated heterocycles. The molecule has 2 amide bonds. The number of ether oxygens (including phenoxy) is 2. The maximum atomic E-state index is 12.8. The number of benzene rings is 1. The summed E-state index contributed by atoms with van der Waals surface area (Å²) in [6, 6.07) is 11.0. The minimum atomic E-state index is -0.396. The first-order valence-electron chi connectivity index (χ1n) is 10.1. The zero-order valence-corrected chi connectivity index (χ0v) is 16.3. The van der Waals surface area contributed by atoms with Crippen LogP contribution in [0.1, 0.15) is 31.4 Å². The van der Waals surface area contributed by atoms with Crippen molar-refractivity contribution in [3.63, 3.8) is 0 Å². The highest BCUT2D eigenvalue weighted by Gasteiger charge is 2.35. The van der Waals surface area contributed by atoms with Crippen molar-refractivity contribution in [1.82, 2.24) is 4.90 Å². The quantitative estimate of drug-likeness (QED) is 0.775. The fourth-order valence-electron chi connectivity index (χ4n) is 3.74. The first-order chi connectivity index (χ1) is 14.2. The van der Waals surface area contributed by atoms with Gasteiger partial charge in [-0.15, -0.1) is 0 Å². The van der Waals surface area contributed by atoms with E-state index in [0.29, 0.717) is 36.9 Å². The minimum absolute atomic E-state index is 0.0412. The fourth-order valence-corrected chi connectivity index (χ4v) is 3.74. The van der Waals surface area contributed by atoms with Gasteiger partial charge in [0.1, 0.15) is 18.1 Å². The number of amides is 2. The Morgan fingerprint density at radius 3 is 2.90 bits per heavy atom. The monoisotopic (exact) mass is 398 g/mol. The maximum absolute atomic E-state index is 12.8. The van der Waals surface area contributed by atoms with Gasteiger partial charge in [0.2, 0.25) is 11.8 Å². The average molecular weight is 398 g/mol. The van der Waals surface area contributed by atoms with Gasteiger partial charge in [0.15, 0.2) is 0 Å². The third kappa shape index (κ3) is 4.98. The van der Waals surface area contributed by atoms with E-state index in [0.717, 1.165) is 25.9 Å². The molecule has 2 atom stereocenters. The number of carbonyl (C=O) groups is 2. The van der Waals surface area contributed by atoms with Crippen LogP contribution in [0.5, 0.6) is 5.75 Å². The molecule has 2 aromatic rings. The molecule has 0 saturated carbocycles. The summed E-state index contributed by atoms with van der Waals surface area (Å²) in [5, 5.41) is 2.93. The predicted octanol–water partition coefficient (Wildman–Crippen LogP) is 3.21. The fraction of sp³-hybridized carbons (Fsp3) is 0.455. The standard InChI is InChI=1S/C22H26N2O5/c25-21-12-16(13-24(21)14-17-7-5-11-27-17)22(26)23-19-8-1-2-9-20(19)29-15-18-6-3-4-10-28-18/h1-2,5,7-9,11,16,18H,3-4,6,10,12-15H2,(H,23,26). The highest BCUT2D eigenvalue weighted by molar-refractivity contribution is 5.98. The van der Waals surface area contributed by atoms with E-state index in [1.165, 1.54) is 0 Å². The predicted molar refractivity (Wildman–Crippen MR) is 106 cm³/mol. The van der Waals surface area contributed by atoms with Crippen LogP contribution in [-0.4, -0.2) is 42.6 Å². The number of nitrogens with zero attached hydrogens (tertiary/aromatic N) is 1. The number of furan rings is 1. The first-order valence-corrected chi connectivity index (χ1v) is 10.1. The van der Waals surface area contributed by atoms with Crippen LogP contribution in [0, 0.1) is 5.92 Å². The van der Waals surface area contributed by atoms with Crippen molar-refractivity contribution in [2.24, 2.45) is 5.92 Å². The van der Waals surface area contributed by atoms with E-state index in [-0.39, 0.29) is 24.3 Å². The van der Waals surface area contributed by atoms with Crippen molar-refractivity contribution in [2.75, 3.05) is 25.1 Å². The van der Waals surface area contributed by atoms with Gasteiger partial charge in [-0.3, -0.25) is 9.59 Å². The lowest BCUT2D eigenvalue weighted by Crippen LogP contribution is -2.28. The van der Waals surface area contributed by atoms with E-state index in [1.54, 1.807) is 17.2 Å². The van der Waals surface area contributed by atoms with E-state index in [4.69, 9.17) is 13.9 Å². The van der Waals surface area contributed by atoms with Gasteiger partial charge in [-0.1, -0.05) is 12.1 Å². The molecular weight excluding hydrogens is 372 g/mol. The molecule has 7 nitrogen and oxygen atoms in total. The molecule has 0 aliphatic carbocycles. The second kappa shape index (κ2) is 9.13. The largest absolute Gasteiger partial charge is 0.489 e. The van der Waals surface area contributed by atoms with Gasteiger partial charge in [-0.05, 0) is 43.5 Å². The highest BCUT2D eigenvalue weighted by Crippen LogP contribution is 2.27. The Morgan fingerprint density at radius 1 is 1.21 bits per heavy atom. The molecule has 3 heterocycles. The summed E-state index contributed by atoms with van der Waals surface area (Å²) in [6.07, 6.45) is 5.11. The summed E-state index contributed by atoms with van der Waals surface area (Å²) in [4.78, 5) is 26.7. The third-order valence-electron chi connectivity index (χ3n) is 5.36. The SMILES string of the molecule is O=C(Nc1ccccc1OCC1CCCCO1)C1CC(=O)N(Cc2ccco2)C1. The molecule has 0 bridgehead atoms. The van der Waals surface area contributed by atoms with E-state index >= 15 is 0 Å². The van der Waals surface area contributed by atoms with Gasteiger partial charge in [-0.25, -0.2) is 0 Å². The summed E-state index contributed by atoms with van der Waals surface area (Å²) in [6.45, 7) is 2.00. The highest BCUT2D eigenvalue weighted by atomic mass is 16.5. The molecule has 2 fully saturated rings. The number of nitrogens with one attached hydrogen (secondary N) is 1. The summed E-state index contributed by atoms with van der Waals surface area (Å²) in [5.41, 5.74) is 0.616. The van der Waals surface area contributed by atoms with Gasteiger partial charge < -0.3 is 24.1 Å². The van der Waals surface area contributed by atoms with Crippen molar-refractivity contribution in [2.45, 2.75) is 38.3 Å². The van der Waals surface area contributed by atoms with Crippen molar-refractivity contribution in [3.8, 4) is 5.75 Å². The van der Waals surface area contributed by atoms with Gasteiger partial charge in [0.25, 0.3) is 0 Å². The molecule has 7 heteroatoms. The first kappa shape index (κ1) is 19.5. The van der Waals surface area contributed by atoms with Crippen molar-refractivity contribution in [3.05, 3.63) is 48.4 Å². The normalized spacial score (nSPS) is 21.9. The lowest BCUT2D eigenvalue weighted by molar-refractivity contribution is -0.128. The summed E-state index contributed by atoms with van der Waals surface area (Å²) in [7, 11) is 0. The van der Waals surface area contributed by atoms with E-state index in [2.05, 4.69) is 5.32 Å². The molecule has 2 unspecified atom stereocenters. The Morgan fingerprint density at radius 2 is 2.10 bits per heavy atom. The molecular formula is C22H26N2O5. The molecule has 2 aliphatic heterocycles. The molecule has 0 spiro atoms. The number of carbonyl (C=O) groups excluding carboxylic acids is 2. The van der Waals surface area contributed by atoms with E-state index in [1.807, 2.05) is 30.3 Å². The molecule has 1 aromatic heterocycles. The molecule has 1 N–H and O–H groups in total. The van der Waals surface area contributed by atoms with Crippen LogP contribution in [0.15, 0.2) is 47.1 Å². The van der Waals surface area contributed by atoms with Crippen LogP contribution in [0.3, 0.4) is 0 Å². The number of hydrogen-bond donors (Lipinski definition) is 1. The topological polar surface area (TPSA) is 81.0 Å². The zero-order chi connectivity index (χ0) is 20.1. The summed E-state index contributed by atoms with van der Waals surface area (Å²) < 4.78 is 16.9. The Labute approximate surface area is 170 Å². The molecule has 2 aliphatic rings. The Bertz CT molecular complexity index is 829. The lowest BCUT2D eigenvalue weighted by atomic mass is 10.1. The second-order valence-electron chi connectivity index (χ2n) is 7.54. The smallest absolute Gasteiger partial charge is 0.229 e. The number of para-hydroxylation sites is 2.